The van der Waals surface area contributed by atoms with Crippen LogP contribution in [0.5, 0.6) is 23.0 Å². The number of rotatable bonds is 9. The molecule has 0 spiro atoms. The number of anilines is 2. The highest BCUT2D eigenvalue weighted by atomic mass is 16.5. The number of ether oxygens (including phenoxy) is 3. The van der Waals surface area contributed by atoms with Gasteiger partial charge in [0.15, 0.2) is 11.5 Å². The van der Waals surface area contributed by atoms with E-state index in [9.17, 15) is 4.79 Å². The van der Waals surface area contributed by atoms with Crippen molar-refractivity contribution in [2.75, 3.05) is 49.8 Å². The van der Waals surface area contributed by atoms with Crippen LogP contribution >= 0.6 is 0 Å². The molecule has 0 saturated carbocycles. The summed E-state index contributed by atoms with van der Waals surface area (Å²) in [4.78, 5) is 23.3. The lowest BCUT2D eigenvalue weighted by atomic mass is 10.2. The lowest BCUT2D eigenvalue weighted by molar-refractivity contribution is -0.110. The number of hydrogen-bond acceptors (Lipinski definition) is 8. The van der Waals surface area contributed by atoms with Gasteiger partial charge in [0, 0.05) is 37.6 Å². The maximum Gasteiger partial charge on any atom is 0.228 e. The number of nitrogens with zero attached hydrogens (tertiary/aromatic N) is 5. The van der Waals surface area contributed by atoms with Gasteiger partial charge in [0.25, 0.3) is 0 Å². The molecule has 2 heterocycles. The highest BCUT2D eigenvalue weighted by Gasteiger charge is 2.25. The molecule has 0 atom stereocenters. The summed E-state index contributed by atoms with van der Waals surface area (Å²) in [5, 5.41) is 4.59. The van der Waals surface area contributed by atoms with Crippen LogP contribution in [0.3, 0.4) is 0 Å². The normalized spacial score (nSPS) is 13.8. The summed E-state index contributed by atoms with van der Waals surface area (Å²) in [6, 6.07) is 20.9. The summed E-state index contributed by atoms with van der Waals surface area (Å²) < 4.78 is 17.1. The number of benzene rings is 3. The maximum atomic E-state index is 12.1. The zero-order valence-corrected chi connectivity index (χ0v) is 20.9. The molecule has 1 aromatic heterocycles. The molecule has 1 fully saturated rings. The monoisotopic (exact) mass is 499 g/mol. The van der Waals surface area contributed by atoms with Crippen molar-refractivity contribution in [1.82, 2.24) is 15.0 Å². The standard InChI is InChI=1S/C28H29N5O4/c1-3-36-27-18-25-24(17-26(27)35-2)28(30-19-29-25)31-13-15-32(16-14-31)33(20-34)21-9-11-23(12-10-21)37-22-7-5-4-6-8-22/h4-12,17-20H,3,13-16H2,1-2H3. The molecule has 5 rings (SSSR count). The second-order valence-corrected chi connectivity index (χ2v) is 8.45. The minimum Gasteiger partial charge on any atom is -0.493 e. The zero-order chi connectivity index (χ0) is 25.6. The SMILES string of the molecule is CCOc1cc2ncnc(N3CCN(N(C=O)c4ccc(Oc5ccccc5)cc4)CC3)c2cc1OC. The summed E-state index contributed by atoms with van der Waals surface area (Å²) in [5.74, 6) is 3.63. The first-order valence-electron chi connectivity index (χ1n) is 12.2. The van der Waals surface area contributed by atoms with E-state index >= 15 is 0 Å². The number of carbonyl (C=O) groups is 1. The Balaban J connectivity index is 1.29. The number of carbonyl (C=O) groups excluding carboxylic acids is 1. The van der Waals surface area contributed by atoms with Gasteiger partial charge in [0.05, 0.1) is 24.9 Å². The third kappa shape index (κ3) is 5.26. The Morgan fingerprint density at radius 1 is 0.919 bits per heavy atom. The van der Waals surface area contributed by atoms with E-state index in [1.807, 2.05) is 78.7 Å². The largest absolute Gasteiger partial charge is 0.493 e. The Hall–Kier alpha value is -4.37. The van der Waals surface area contributed by atoms with Gasteiger partial charge >= 0.3 is 0 Å². The molecule has 1 aliphatic heterocycles. The van der Waals surface area contributed by atoms with Crippen molar-refractivity contribution in [3.8, 4) is 23.0 Å². The number of fused-ring (bicyclic) bond motifs is 1. The molecule has 1 amide bonds. The summed E-state index contributed by atoms with van der Waals surface area (Å²) in [6.07, 6.45) is 2.42. The number of hydrogen-bond donors (Lipinski definition) is 0. The van der Waals surface area contributed by atoms with Crippen LogP contribution in [-0.4, -0.2) is 61.3 Å². The van der Waals surface area contributed by atoms with Gasteiger partial charge < -0.3 is 19.1 Å². The summed E-state index contributed by atoms with van der Waals surface area (Å²) in [5.41, 5.74) is 1.58. The van der Waals surface area contributed by atoms with Gasteiger partial charge in [-0.15, -0.1) is 0 Å². The van der Waals surface area contributed by atoms with Crippen LogP contribution in [0.2, 0.25) is 0 Å². The summed E-state index contributed by atoms with van der Waals surface area (Å²) in [7, 11) is 1.63. The lowest BCUT2D eigenvalue weighted by Crippen LogP contribution is -2.54. The molecule has 0 radical (unpaired) electrons. The van der Waals surface area contributed by atoms with E-state index in [1.54, 1.807) is 18.4 Å². The van der Waals surface area contributed by atoms with Crippen molar-refractivity contribution in [3.63, 3.8) is 0 Å². The second kappa shape index (κ2) is 11.1. The molecule has 0 N–H and O–H groups in total. The van der Waals surface area contributed by atoms with Crippen molar-refractivity contribution in [2.24, 2.45) is 0 Å². The Kier molecular flexibility index (Phi) is 7.32. The van der Waals surface area contributed by atoms with Crippen LogP contribution in [0.15, 0.2) is 73.1 Å². The van der Waals surface area contributed by atoms with Crippen LogP contribution in [0.1, 0.15) is 6.92 Å². The molecule has 9 nitrogen and oxygen atoms in total. The number of methoxy groups -OCH3 is 1. The number of piperazine rings is 1. The number of aromatic nitrogens is 2. The van der Waals surface area contributed by atoms with Gasteiger partial charge in [-0.1, -0.05) is 18.2 Å². The molecule has 0 unspecified atom stereocenters. The quantitative estimate of drug-likeness (QED) is 0.311. The minimum absolute atomic E-state index is 0.539. The van der Waals surface area contributed by atoms with Crippen molar-refractivity contribution >= 4 is 28.8 Å². The van der Waals surface area contributed by atoms with Gasteiger partial charge in [-0.3, -0.25) is 4.79 Å². The van der Waals surface area contributed by atoms with Crippen molar-refractivity contribution in [3.05, 3.63) is 73.1 Å². The Labute approximate surface area is 215 Å². The van der Waals surface area contributed by atoms with E-state index in [0.29, 0.717) is 50.0 Å². The molecule has 1 aliphatic rings. The fourth-order valence-electron chi connectivity index (χ4n) is 4.44. The van der Waals surface area contributed by atoms with Crippen LogP contribution in [0.4, 0.5) is 11.5 Å². The van der Waals surface area contributed by atoms with Gasteiger partial charge in [0.2, 0.25) is 6.41 Å². The molecule has 3 aromatic carbocycles. The highest BCUT2D eigenvalue weighted by molar-refractivity contribution is 5.92. The molecule has 0 bridgehead atoms. The minimum atomic E-state index is 0.539. The highest BCUT2D eigenvalue weighted by Crippen LogP contribution is 2.35. The van der Waals surface area contributed by atoms with Gasteiger partial charge in [-0.25, -0.2) is 20.0 Å². The van der Waals surface area contributed by atoms with Crippen LogP contribution in [0, 0.1) is 0 Å². The zero-order valence-electron chi connectivity index (χ0n) is 20.9. The molecule has 4 aromatic rings. The first kappa shape index (κ1) is 24.3. The van der Waals surface area contributed by atoms with E-state index in [1.165, 1.54) is 0 Å². The van der Waals surface area contributed by atoms with Gasteiger partial charge in [-0.2, -0.15) is 0 Å². The topological polar surface area (TPSA) is 80.3 Å². The molecule has 190 valence electrons. The van der Waals surface area contributed by atoms with Crippen LogP contribution in [-0.2, 0) is 4.79 Å². The number of amides is 1. The Bertz CT molecular complexity index is 1340. The molecular formula is C28H29N5O4. The van der Waals surface area contributed by atoms with E-state index in [2.05, 4.69) is 14.9 Å². The van der Waals surface area contributed by atoms with Gasteiger partial charge in [0.1, 0.15) is 23.6 Å². The van der Waals surface area contributed by atoms with E-state index < -0.39 is 0 Å². The average Bonchev–Trinajstić information content (AvgIpc) is 2.95. The summed E-state index contributed by atoms with van der Waals surface area (Å²) in [6.45, 7) is 5.17. The maximum absolute atomic E-state index is 12.1. The lowest BCUT2D eigenvalue weighted by Gasteiger charge is -2.40. The fourth-order valence-corrected chi connectivity index (χ4v) is 4.44. The van der Waals surface area contributed by atoms with Gasteiger partial charge in [-0.05, 0) is 49.4 Å². The first-order valence-corrected chi connectivity index (χ1v) is 12.2. The molecular weight excluding hydrogens is 470 g/mol. The molecule has 1 saturated heterocycles. The Morgan fingerprint density at radius 2 is 1.65 bits per heavy atom. The number of hydrazine groups is 1. The predicted molar refractivity (Wildman–Crippen MR) is 143 cm³/mol. The number of para-hydroxylation sites is 1. The first-order chi connectivity index (χ1) is 18.2. The van der Waals surface area contributed by atoms with Crippen molar-refractivity contribution in [2.45, 2.75) is 6.92 Å². The van der Waals surface area contributed by atoms with Crippen LogP contribution in [0.25, 0.3) is 10.9 Å². The van der Waals surface area contributed by atoms with Crippen molar-refractivity contribution < 1.29 is 19.0 Å². The molecule has 37 heavy (non-hydrogen) atoms. The Morgan fingerprint density at radius 3 is 2.32 bits per heavy atom. The smallest absolute Gasteiger partial charge is 0.228 e. The third-order valence-electron chi connectivity index (χ3n) is 6.24. The summed E-state index contributed by atoms with van der Waals surface area (Å²) >= 11 is 0. The third-order valence-corrected chi connectivity index (χ3v) is 6.24. The second-order valence-electron chi connectivity index (χ2n) is 8.45. The van der Waals surface area contributed by atoms with E-state index in [0.717, 1.165) is 34.6 Å². The average molecular weight is 500 g/mol. The predicted octanol–water partition coefficient (Wildman–Crippen LogP) is 4.53. The molecule has 0 aliphatic carbocycles. The van der Waals surface area contributed by atoms with Crippen molar-refractivity contribution in [1.29, 1.82) is 0 Å². The van der Waals surface area contributed by atoms with E-state index in [-0.39, 0.29) is 0 Å². The fraction of sp³-hybridized carbons (Fsp3) is 0.250. The van der Waals surface area contributed by atoms with Crippen LogP contribution < -0.4 is 24.1 Å². The van der Waals surface area contributed by atoms with E-state index in [4.69, 9.17) is 14.2 Å². The molecule has 9 heteroatoms.